The van der Waals surface area contributed by atoms with Crippen molar-refractivity contribution in [1.82, 2.24) is 19.7 Å². The fraction of sp³-hybridized carbons (Fsp3) is 0.174. The lowest BCUT2D eigenvalue weighted by atomic mass is 10.3. The molecular formula is C23H24N6O3. The summed E-state index contributed by atoms with van der Waals surface area (Å²) in [6, 6.07) is 16.9. The van der Waals surface area contributed by atoms with Gasteiger partial charge < -0.3 is 24.8 Å². The molecule has 9 nitrogen and oxygen atoms in total. The summed E-state index contributed by atoms with van der Waals surface area (Å²) in [5, 5.41) is 11.1. The van der Waals surface area contributed by atoms with E-state index < -0.39 is 0 Å². The molecule has 2 heterocycles. The second-order valence-electron chi connectivity index (χ2n) is 6.87. The zero-order valence-corrected chi connectivity index (χ0v) is 18.3. The molecule has 0 aliphatic heterocycles. The largest absolute Gasteiger partial charge is 0.497 e. The van der Waals surface area contributed by atoms with Crippen molar-refractivity contribution < 1.29 is 14.2 Å². The van der Waals surface area contributed by atoms with Gasteiger partial charge in [-0.15, -0.1) is 0 Å². The minimum absolute atomic E-state index is 0.439. The third-order valence-corrected chi connectivity index (χ3v) is 4.70. The number of aryl methyl sites for hydroxylation is 1. The van der Waals surface area contributed by atoms with E-state index in [1.807, 2.05) is 60.1 Å². The van der Waals surface area contributed by atoms with Crippen LogP contribution in [0, 0.1) is 6.92 Å². The second kappa shape index (κ2) is 9.25. The van der Waals surface area contributed by atoms with Crippen LogP contribution in [0.5, 0.6) is 17.2 Å². The molecule has 0 fully saturated rings. The molecule has 0 aliphatic carbocycles. The van der Waals surface area contributed by atoms with Gasteiger partial charge in [0.25, 0.3) is 0 Å². The highest BCUT2D eigenvalue weighted by Gasteiger charge is 2.10. The predicted octanol–water partition coefficient (Wildman–Crippen LogP) is 4.48. The number of hydrogen-bond donors (Lipinski definition) is 2. The van der Waals surface area contributed by atoms with Crippen molar-refractivity contribution in [2.75, 3.05) is 32.0 Å². The minimum Gasteiger partial charge on any atom is -0.497 e. The number of ether oxygens (including phenoxy) is 3. The van der Waals surface area contributed by atoms with Crippen molar-refractivity contribution in [3.05, 3.63) is 66.5 Å². The SMILES string of the molecule is COc1ccc(-n2nc(C)cc2Nc2ccnc(Nc3ccc(OC)c(OC)c3)n2)cc1. The zero-order chi connectivity index (χ0) is 22.5. The Balaban J connectivity index is 1.56. The van der Waals surface area contributed by atoms with Gasteiger partial charge in [-0.1, -0.05) is 0 Å². The Hall–Kier alpha value is -4.27. The Morgan fingerprint density at radius 2 is 1.59 bits per heavy atom. The topological polar surface area (TPSA) is 95.4 Å². The number of nitrogens with one attached hydrogen (secondary N) is 2. The molecule has 0 aliphatic rings. The van der Waals surface area contributed by atoms with Gasteiger partial charge in [-0.25, -0.2) is 9.67 Å². The van der Waals surface area contributed by atoms with Crippen molar-refractivity contribution in [3.63, 3.8) is 0 Å². The van der Waals surface area contributed by atoms with Crippen LogP contribution in [0.4, 0.5) is 23.3 Å². The molecule has 4 rings (SSSR count). The maximum atomic E-state index is 5.35. The number of rotatable bonds is 8. The standard InChI is InChI=1S/C23H24N6O3/c1-15-13-22(29(28-15)17-6-8-18(30-2)9-7-17)26-21-11-12-24-23(27-21)25-16-5-10-19(31-3)20(14-16)32-4/h5-14H,1-4H3,(H2,24,25,26,27). The van der Waals surface area contributed by atoms with Crippen LogP contribution in [0.3, 0.4) is 0 Å². The second-order valence-corrected chi connectivity index (χ2v) is 6.87. The van der Waals surface area contributed by atoms with Gasteiger partial charge in [-0.3, -0.25) is 0 Å². The van der Waals surface area contributed by atoms with Crippen LogP contribution in [0.1, 0.15) is 5.69 Å². The van der Waals surface area contributed by atoms with Gasteiger partial charge in [0.2, 0.25) is 5.95 Å². The van der Waals surface area contributed by atoms with E-state index >= 15 is 0 Å². The number of aromatic nitrogens is 4. The maximum absolute atomic E-state index is 5.35. The molecule has 0 spiro atoms. The predicted molar refractivity (Wildman–Crippen MR) is 123 cm³/mol. The van der Waals surface area contributed by atoms with Crippen LogP contribution in [0.25, 0.3) is 5.69 Å². The summed E-state index contributed by atoms with van der Waals surface area (Å²) in [6.45, 7) is 1.94. The lowest BCUT2D eigenvalue weighted by molar-refractivity contribution is 0.355. The Morgan fingerprint density at radius 1 is 0.812 bits per heavy atom. The lowest BCUT2D eigenvalue weighted by Gasteiger charge is -2.12. The summed E-state index contributed by atoms with van der Waals surface area (Å²) < 4.78 is 17.7. The average Bonchev–Trinajstić information content (AvgIpc) is 3.19. The molecule has 2 aromatic carbocycles. The quantitative estimate of drug-likeness (QED) is 0.421. The van der Waals surface area contributed by atoms with Crippen LogP contribution in [0.15, 0.2) is 60.8 Å². The highest BCUT2D eigenvalue weighted by molar-refractivity contribution is 5.62. The molecule has 0 radical (unpaired) electrons. The van der Waals surface area contributed by atoms with E-state index in [4.69, 9.17) is 14.2 Å². The molecule has 32 heavy (non-hydrogen) atoms. The Kier molecular flexibility index (Phi) is 6.07. The molecule has 0 amide bonds. The summed E-state index contributed by atoms with van der Waals surface area (Å²) in [4.78, 5) is 8.87. The first-order chi connectivity index (χ1) is 15.6. The maximum Gasteiger partial charge on any atom is 0.229 e. The molecule has 4 aromatic rings. The average molecular weight is 432 g/mol. The van der Waals surface area contributed by atoms with E-state index in [-0.39, 0.29) is 0 Å². The van der Waals surface area contributed by atoms with E-state index in [9.17, 15) is 0 Å². The van der Waals surface area contributed by atoms with Gasteiger partial charge in [-0.2, -0.15) is 10.1 Å². The van der Waals surface area contributed by atoms with E-state index in [1.165, 1.54) is 0 Å². The van der Waals surface area contributed by atoms with E-state index in [0.717, 1.165) is 28.6 Å². The fourth-order valence-electron chi connectivity index (χ4n) is 3.17. The molecular weight excluding hydrogens is 408 g/mol. The number of anilines is 4. The highest BCUT2D eigenvalue weighted by atomic mass is 16.5. The lowest BCUT2D eigenvalue weighted by Crippen LogP contribution is -2.05. The van der Waals surface area contributed by atoms with Gasteiger partial charge >= 0.3 is 0 Å². The van der Waals surface area contributed by atoms with Crippen LogP contribution >= 0.6 is 0 Å². The van der Waals surface area contributed by atoms with Crippen LogP contribution in [-0.4, -0.2) is 41.1 Å². The first-order valence-corrected chi connectivity index (χ1v) is 9.90. The molecule has 0 bridgehead atoms. The fourth-order valence-corrected chi connectivity index (χ4v) is 3.17. The summed E-state index contributed by atoms with van der Waals surface area (Å²) in [5.74, 6) is 3.89. The summed E-state index contributed by atoms with van der Waals surface area (Å²) >= 11 is 0. The number of nitrogens with zero attached hydrogens (tertiary/aromatic N) is 4. The van der Waals surface area contributed by atoms with Crippen LogP contribution in [-0.2, 0) is 0 Å². The van der Waals surface area contributed by atoms with E-state index in [2.05, 4.69) is 25.7 Å². The van der Waals surface area contributed by atoms with Gasteiger partial charge in [0.15, 0.2) is 11.5 Å². The van der Waals surface area contributed by atoms with Crippen LogP contribution < -0.4 is 24.8 Å². The van der Waals surface area contributed by atoms with Crippen molar-refractivity contribution in [1.29, 1.82) is 0 Å². The Bertz CT molecular complexity index is 1210. The van der Waals surface area contributed by atoms with Crippen molar-refractivity contribution in [2.45, 2.75) is 6.92 Å². The smallest absolute Gasteiger partial charge is 0.229 e. The number of hydrogen-bond acceptors (Lipinski definition) is 8. The number of benzene rings is 2. The molecule has 0 unspecified atom stereocenters. The monoisotopic (exact) mass is 432 g/mol. The van der Waals surface area contributed by atoms with Crippen molar-refractivity contribution in [2.24, 2.45) is 0 Å². The molecule has 0 saturated carbocycles. The molecule has 0 atom stereocenters. The molecule has 0 saturated heterocycles. The zero-order valence-electron chi connectivity index (χ0n) is 18.3. The molecule has 9 heteroatoms. The molecule has 164 valence electrons. The third kappa shape index (κ3) is 4.56. The Morgan fingerprint density at radius 3 is 2.31 bits per heavy atom. The van der Waals surface area contributed by atoms with Gasteiger partial charge in [0.1, 0.15) is 17.4 Å². The third-order valence-electron chi connectivity index (χ3n) is 4.70. The first-order valence-electron chi connectivity index (χ1n) is 9.90. The summed E-state index contributed by atoms with van der Waals surface area (Å²) in [7, 11) is 4.83. The molecule has 2 N–H and O–H groups in total. The van der Waals surface area contributed by atoms with Gasteiger partial charge in [0, 0.05) is 24.0 Å². The summed E-state index contributed by atoms with van der Waals surface area (Å²) in [6.07, 6.45) is 1.68. The van der Waals surface area contributed by atoms with E-state index in [1.54, 1.807) is 33.6 Å². The molecule has 2 aromatic heterocycles. The van der Waals surface area contributed by atoms with E-state index in [0.29, 0.717) is 23.3 Å². The highest BCUT2D eigenvalue weighted by Crippen LogP contribution is 2.31. The van der Waals surface area contributed by atoms with Gasteiger partial charge in [-0.05, 0) is 49.4 Å². The normalized spacial score (nSPS) is 10.5. The van der Waals surface area contributed by atoms with Crippen molar-refractivity contribution >= 4 is 23.3 Å². The number of methoxy groups -OCH3 is 3. The van der Waals surface area contributed by atoms with Crippen molar-refractivity contribution in [3.8, 4) is 22.9 Å². The minimum atomic E-state index is 0.439. The Labute approximate surface area is 186 Å². The summed E-state index contributed by atoms with van der Waals surface area (Å²) in [5.41, 5.74) is 2.55. The first kappa shape index (κ1) is 21.0. The van der Waals surface area contributed by atoms with Gasteiger partial charge in [0.05, 0.1) is 32.7 Å². The van der Waals surface area contributed by atoms with Crippen LogP contribution in [0.2, 0.25) is 0 Å².